The zero-order chi connectivity index (χ0) is 30.5. The highest BCUT2D eigenvalue weighted by atomic mass is 16.5. The molecule has 42 heavy (non-hydrogen) atoms. The van der Waals surface area contributed by atoms with E-state index in [1.807, 2.05) is 24.3 Å². The SMILES string of the molecule is C=CCC(C(=O)N[C@@H](COC)[C@@H](OC(=O)[C@H](CC=C)Cc1nc2ccccc2o1)c1ccccc1)C(=O)N[C@@H](C)CO. The molecule has 1 unspecified atom stereocenters. The number of oxazole rings is 1. The van der Waals surface area contributed by atoms with E-state index >= 15 is 0 Å². The maximum absolute atomic E-state index is 13.6. The molecule has 3 rings (SSSR count). The van der Waals surface area contributed by atoms with Crippen molar-refractivity contribution in [3.63, 3.8) is 0 Å². The Kier molecular flexibility index (Phi) is 12.5. The number of nitrogens with one attached hydrogen (secondary N) is 2. The van der Waals surface area contributed by atoms with Gasteiger partial charge in [0.2, 0.25) is 11.8 Å². The van der Waals surface area contributed by atoms with Crippen LogP contribution < -0.4 is 10.6 Å². The molecule has 1 heterocycles. The summed E-state index contributed by atoms with van der Waals surface area (Å²) in [5.74, 6) is -3.05. The number of carbonyl (C=O) groups excluding carboxylic acids is 3. The van der Waals surface area contributed by atoms with Crippen molar-refractivity contribution in [2.24, 2.45) is 11.8 Å². The van der Waals surface area contributed by atoms with E-state index < -0.39 is 47.8 Å². The smallest absolute Gasteiger partial charge is 0.310 e. The van der Waals surface area contributed by atoms with Crippen molar-refractivity contribution in [2.45, 2.75) is 44.4 Å². The summed E-state index contributed by atoms with van der Waals surface area (Å²) in [6.45, 7) is 8.79. The van der Waals surface area contributed by atoms with Gasteiger partial charge in [0.1, 0.15) is 17.5 Å². The molecule has 0 saturated heterocycles. The molecule has 10 nitrogen and oxygen atoms in total. The molecule has 0 fully saturated rings. The molecule has 0 aliphatic rings. The van der Waals surface area contributed by atoms with Crippen LogP contribution in [0.4, 0.5) is 0 Å². The monoisotopic (exact) mass is 577 g/mol. The van der Waals surface area contributed by atoms with Crippen LogP contribution in [0.2, 0.25) is 0 Å². The van der Waals surface area contributed by atoms with Gasteiger partial charge in [0, 0.05) is 19.6 Å². The number of aromatic nitrogens is 1. The van der Waals surface area contributed by atoms with E-state index in [9.17, 15) is 19.5 Å². The highest BCUT2D eigenvalue weighted by Crippen LogP contribution is 2.27. The van der Waals surface area contributed by atoms with Crippen LogP contribution in [0.3, 0.4) is 0 Å². The fourth-order valence-electron chi connectivity index (χ4n) is 4.49. The number of carbonyl (C=O) groups is 3. The van der Waals surface area contributed by atoms with Gasteiger partial charge in [-0.05, 0) is 37.5 Å². The van der Waals surface area contributed by atoms with E-state index in [2.05, 4.69) is 28.8 Å². The van der Waals surface area contributed by atoms with Crippen molar-refractivity contribution in [3.8, 4) is 0 Å². The van der Waals surface area contributed by atoms with Crippen LogP contribution in [-0.2, 0) is 30.3 Å². The highest BCUT2D eigenvalue weighted by Gasteiger charge is 2.35. The first-order valence-corrected chi connectivity index (χ1v) is 13.8. The standard InChI is InChI=1S/C32H39N3O7/c1-5-12-23(18-28-34-25-16-10-11-17-27(25)41-28)32(39)42-29(22-14-8-7-9-15-22)26(20-40-4)35-31(38)24(13-6-2)30(37)33-21(3)19-36/h5-11,14-17,21,23-24,26,29,36H,1-2,12-13,18-20H2,3-4H3,(H,33,37)(H,35,38)/t21-,23+,24?,26-,29-/m0/s1. The summed E-state index contributed by atoms with van der Waals surface area (Å²) in [7, 11) is 1.47. The molecular weight excluding hydrogens is 538 g/mol. The Morgan fingerprint density at radius 2 is 1.67 bits per heavy atom. The molecular formula is C32H39N3O7. The molecule has 2 amide bonds. The fraction of sp³-hybridized carbons (Fsp3) is 0.375. The first-order valence-electron chi connectivity index (χ1n) is 13.8. The van der Waals surface area contributed by atoms with E-state index in [4.69, 9.17) is 13.9 Å². The van der Waals surface area contributed by atoms with Crippen molar-refractivity contribution in [2.75, 3.05) is 20.3 Å². The average molecular weight is 578 g/mol. The van der Waals surface area contributed by atoms with E-state index in [0.29, 0.717) is 29.0 Å². The topological polar surface area (TPSA) is 140 Å². The first-order chi connectivity index (χ1) is 20.3. The van der Waals surface area contributed by atoms with Crippen LogP contribution >= 0.6 is 0 Å². The van der Waals surface area contributed by atoms with Gasteiger partial charge in [0.15, 0.2) is 11.5 Å². The summed E-state index contributed by atoms with van der Waals surface area (Å²) in [5, 5.41) is 14.8. The summed E-state index contributed by atoms with van der Waals surface area (Å²) in [4.78, 5) is 44.4. The minimum Gasteiger partial charge on any atom is -0.455 e. The van der Waals surface area contributed by atoms with Crippen molar-refractivity contribution >= 4 is 28.9 Å². The van der Waals surface area contributed by atoms with Crippen molar-refractivity contribution < 1.29 is 33.4 Å². The van der Waals surface area contributed by atoms with Crippen LogP contribution in [0.15, 0.2) is 84.3 Å². The number of fused-ring (bicyclic) bond motifs is 1. The molecule has 1 aromatic heterocycles. The lowest BCUT2D eigenvalue weighted by Gasteiger charge is -2.30. The van der Waals surface area contributed by atoms with Crippen LogP contribution in [-0.4, -0.2) is 60.3 Å². The quantitative estimate of drug-likeness (QED) is 0.125. The van der Waals surface area contributed by atoms with Gasteiger partial charge in [-0.25, -0.2) is 4.98 Å². The van der Waals surface area contributed by atoms with Crippen LogP contribution in [0.25, 0.3) is 11.1 Å². The van der Waals surface area contributed by atoms with Gasteiger partial charge in [0.25, 0.3) is 0 Å². The predicted octanol–water partition coefficient (Wildman–Crippen LogP) is 3.67. The van der Waals surface area contributed by atoms with Crippen LogP contribution in [0, 0.1) is 11.8 Å². The minimum absolute atomic E-state index is 0.00863. The molecule has 224 valence electrons. The minimum atomic E-state index is -1.12. The van der Waals surface area contributed by atoms with E-state index in [-0.39, 0.29) is 26.1 Å². The molecule has 0 aliphatic carbocycles. The first kappa shape index (κ1) is 32.2. The number of allylic oxidation sites excluding steroid dienone is 2. The van der Waals surface area contributed by atoms with Gasteiger partial charge >= 0.3 is 5.97 Å². The number of benzene rings is 2. The van der Waals surface area contributed by atoms with Gasteiger partial charge in [-0.15, -0.1) is 13.2 Å². The molecule has 2 aromatic carbocycles. The Hall–Kier alpha value is -4.28. The number of nitrogens with zero attached hydrogens (tertiary/aromatic N) is 1. The second kappa shape index (κ2) is 16.2. The Bertz CT molecular complexity index is 1310. The molecule has 0 bridgehead atoms. The second-order valence-corrected chi connectivity index (χ2v) is 10.0. The van der Waals surface area contributed by atoms with Crippen LogP contribution in [0.5, 0.6) is 0 Å². The molecule has 0 radical (unpaired) electrons. The molecule has 3 N–H and O–H groups in total. The molecule has 0 aliphatic heterocycles. The normalized spacial score (nSPS) is 14.6. The van der Waals surface area contributed by atoms with Crippen molar-refractivity contribution in [1.29, 1.82) is 0 Å². The number of methoxy groups -OCH3 is 1. The number of ether oxygens (including phenoxy) is 2. The van der Waals surface area contributed by atoms with Gasteiger partial charge in [-0.1, -0.05) is 54.6 Å². The van der Waals surface area contributed by atoms with Gasteiger partial charge in [-0.3, -0.25) is 14.4 Å². The largest absolute Gasteiger partial charge is 0.455 e. The molecule has 10 heteroatoms. The number of esters is 1. The van der Waals surface area contributed by atoms with Crippen molar-refractivity contribution in [3.05, 3.63) is 91.4 Å². The predicted molar refractivity (Wildman–Crippen MR) is 158 cm³/mol. The number of amides is 2. The maximum Gasteiger partial charge on any atom is 0.310 e. The summed E-state index contributed by atoms with van der Waals surface area (Å²) in [6, 6.07) is 15.0. The van der Waals surface area contributed by atoms with Gasteiger partial charge < -0.3 is 29.6 Å². The van der Waals surface area contributed by atoms with Crippen molar-refractivity contribution in [1.82, 2.24) is 15.6 Å². The molecule has 5 atom stereocenters. The lowest BCUT2D eigenvalue weighted by Crippen LogP contribution is -2.50. The number of rotatable bonds is 17. The Morgan fingerprint density at radius 1 is 1.00 bits per heavy atom. The summed E-state index contributed by atoms with van der Waals surface area (Å²) in [6.07, 6.45) is 2.73. The fourth-order valence-corrected chi connectivity index (χ4v) is 4.49. The summed E-state index contributed by atoms with van der Waals surface area (Å²) < 4.78 is 17.3. The average Bonchev–Trinajstić information content (AvgIpc) is 3.41. The number of para-hydroxylation sites is 2. The third-order valence-electron chi connectivity index (χ3n) is 6.65. The lowest BCUT2D eigenvalue weighted by molar-refractivity contribution is -0.158. The Morgan fingerprint density at radius 3 is 2.31 bits per heavy atom. The van der Waals surface area contributed by atoms with E-state index in [1.54, 1.807) is 43.3 Å². The Labute approximate surface area is 245 Å². The maximum atomic E-state index is 13.6. The highest BCUT2D eigenvalue weighted by molar-refractivity contribution is 6.00. The number of hydrogen-bond acceptors (Lipinski definition) is 8. The lowest BCUT2D eigenvalue weighted by atomic mass is 9.98. The Balaban J connectivity index is 1.86. The summed E-state index contributed by atoms with van der Waals surface area (Å²) in [5.41, 5.74) is 1.94. The molecule has 0 spiro atoms. The zero-order valence-corrected chi connectivity index (χ0v) is 24.0. The third kappa shape index (κ3) is 8.86. The molecule has 0 saturated carbocycles. The zero-order valence-electron chi connectivity index (χ0n) is 24.0. The number of aliphatic hydroxyl groups is 1. The van der Waals surface area contributed by atoms with E-state index in [0.717, 1.165) is 0 Å². The summed E-state index contributed by atoms with van der Waals surface area (Å²) >= 11 is 0. The number of aliphatic hydroxyl groups excluding tert-OH is 1. The van der Waals surface area contributed by atoms with Gasteiger partial charge in [-0.2, -0.15) is 0 Å². The number of hydrogen-bond donors (Lipinski definition) is 3. The van der Waals surface area contributed by atoms with E-state index in [1.165, 1.54) is 13.2 Å². The van der Waals surface area contributed by atoms with Gasteiger partial charge in [0.05, 0.1) is 25.2 Å². The van der Waals surface area contributed by atoms with Crippen LogP contribution in [0.1, 0.15) is 37.3 Å². The second-order valence-electron chi connectivity index (χ2n) is 10.0. The third-order valence-corrected chi connectivity index (χ3v) is 6.65. The molecule has 3 aromatic rings.